The summed E-state index contributed by atoms with van der Waals surface area (Å²) in [5, 5.41) is 0. The Morgan fingerprint density at radius 1 is 1.60 bits per heavy atom. The Balaban J connectivity index is 3.02. The van der Waals surface area contributed by atoms with Crippen molar-refractivity contribution in [3.63, 3.8) is 0 Å². The summed E-state index contributed by atoms with van der Waals surface area (Å²) in [5.74, 6) is 0. The van der Waals surface area contributed by atoms with Crippen molar-refractivity contribution in [2.24, 2.45) is 0 Å². The van der Waals surface area contributed by atoms with Gasteiger partial charge in [-0.25, -0.2) is 0 Å². The molecular formula is C3H6BrHg. The molecule has 0 saturated heterocycles. The molecule has 0 aliphatic rings. The molecule has 0 spiro atoms. The molecule has 0 aliphatic heterocycles. The first-order chi connectivity index (χ1) is 2.00. The molecule has 0 nitrogen and oxygen atoms in total. The Morgan fingerprint density at radius 2 is 1.60 bits per heavy atom. The van der Waals surface area contributed by atoms with Gasteiger partial charge in [0.1, 0.15) is 0 Å². The van der Waals surface area contributed by atoms with Gasteiger partial charge in [-0.15, -0.1) is 0 Å². The second kappa shape index (κ2) is 1.92. The van der Waals surface area contributed by atoms with Crippen LogP contribution in [0.1, 0.15) is 13.8 Å². The number of rotatable bonds is 0. The molecule has 0 unspecified atom stereocenters. The Bertz CT molecular complexity index is 22.4. The van der Waals surface area contributed by atoms with Crippen LogP contribution in [0.4, 0.5) is 0 Å². The summed E-state index contributed by atoms with van der Waals surface area (Å²) < 4.78 is 0.507. The maximum atomic E-state index is 3.46. The first-order valence-electron chi connectivity index (χ1n) is 1.54. The van der Waals surface area contributed by atoms with Crippen molar-refractivity contribution in [2.75, 3.05) is 0 Å². The predicted octanol–water partition coefficient (Wildman–Crippen LogP) is 1.66. The third-order valence-electron chi connectivity index (χ3n) is 0. The van der Waals surface area contributed by atoms with E-state index in [0.29, 0.717) is 1.83 Å². The van der Waals surface area contributed by atoms with E-state index >= 15 is 0 Å². The van der Waals surface area contributed by atoms with E-state index in [1.165, 1.54) is 0 Å². The van der Waals surface area contributed by atoms with E-state index in [4.69, 9.17) is 0 Å². The van der Waals surface area contributed by atoms with E-state index in [1.54, 1.807) is 0 Å². The summed E-state index contributed by atoms with van der Waals surface area (Å²) in [6.07, 6.45) is 0. The summed E-state index contributed by atoms with van der Waals surface area (Å²) in [4.78, 5) is 0. The molecule has 0 aromatic rings. The van der Waals surface area contributed by atoms with Crippen molar-refractivity contribution >= 4 is 15.9 Å². The number of alkyl halides is 1. The molecule has 0 fully saturated rings. The zero-order chi connectivity index (χ0) is 4.50. The normalized spacial score (nSPS) is 12.2. The van der Waals surface area contributed by atoms with E-state index < -0.39 is 0 Å². The van der Waals surface area contributed by atoms with Crippen LogP contribution in [0, 0.1) is 0 Å². The first-order valence-corrected chi connectivity index (χ1v) is 5.08. The predicted molar refractivity (Wildman–Crippen MR) is 23.0 cm³/mol. The van der Waals surface area contributed by atoms with Gasteiger partial charge in [0.25, 0.3) is 0 Å². The molecule has 0 aromatic carbocycles. The van der Waals surface area contributed by atoms with Crippen LogP contribution in [0.5, 0.6) is 0 Å². The van der Waals surface area contributed by atoms with Crippen molar-refractivity contribution < 1.29 is 26.1 Å². The fraction of sp³-hybridized carbons (Fsp3) is 1.00. The third-order valence-corrected chi connectivity index (χ3v) is 0. The molecule has 2 heteroatoms. The number of hydrogen-bond donors (Lipinski definition) is 0. The molecule has 0 atom stereocenters. The molecule has 0 radical (unpaired) electrons. The minimum atomic E-state index is 0.507. The molecule has 27 valence electrons. The van der Waals surface area contributed by atoms with E-state index in [2.05, 4.69) is 29.8 Å². The van der Waals surface area contributed by atoms with Gasteiger partial charge in [-0.3, -0.25) is 0 Å². The van der Waals surface area contributed by atoms with E-state index in [0.717, 1.165) is 26.1 Å². The van der Waals surface area contributed by atoms with Crippen molar-refractivity contribution in [3.8, 4) is 0 Å². The van der Waals surface area contributed by atoms with Crippen LogP contribution >= 0.6 is 15.9 Å². The molecule has 5 heavy (non-hydrogen) atoms. The molecule has 0 aromatic heterocycles. The molecule has 0 aliphatic carbocycles. The molecule has 0 N–H and O–H groups in total. The van der Waals surface area contributed by atoms with Crippen LogP contribution < -0.4 is 0 Å². The van der Waals surface area contributed by atoms with Gasteiger partial charge in [0.15, 0.2) is 0 Å². The van der Waals surface area contributed by atoms with Gasteiger partial charge < -0.3 is 0 Å². The van der Waals surface area contributed by atoms with E-state index in [-0.39, 0.29) is 0 Å². The van der Waals surface area contributed by atoms with Crippen molar-refractivity contribution in [1.29, 1.82) is 0 Å². The van der Waals surface area contributed by atoms with Gasteiger partial charge in [0.2, 0.25) is 0 Å². The SMILES string of the molecule is C[C](C)(Br)[Hg]. The van der Waals surface area contributed by atoms with Gasteiger partial charge in [0.05, 0.1) is 0 Å². The average molecular weight is 323 g/mol. The number of halogens is 1. The summed E-state index contributed by atoms with van der Waals surface area (Å²) in [5.41, 5.74) is 0. The third kappa shape index (κ3) is 31.5. The van der Waals surface area contributed by atoms with Gasteiger partial charge in [-0.05, 0) is 0 Å². The van der Waals surface area contributed by atoms with Crippen molar-refractivity contribution in [1.82, 2.24) is 0 Å². The quantitative estimate of drug-likeness (QED) is 0.470. The molecule has 0 saturated carbocycles. The monoisotopic (exact) mass is 323 g/mol. The van der Waals surface area contributed by atoms with E-state index in [9.17, 15) is 0 Å². The first kappa shape index (κ1) is 6.42. The Hall–Kier alpha value is 1.42. The fourth-order valence-electron chi connectivity index (χ4n) is 0. The van der Waals surface area contributed by atoms with Crippen molar-refractivity contribution in [3.05, 3.63) is 0 Å². The van der Waals surface area contributed by atoms with Crippen molar-refractivity contribution in [2.45, 2.75) is 15.7 Å². The minimum absolute atomic E-state index is 0.507. The summed E-state index contributed by atoms with van der Waals surface area (Å²) in [6, 6.07) is 0. The van der Waals surface area contributed by atoms with Gasteiger partial charge >= 0.3 is 57.7 Å². The van der Waals surface area contributed by atoms with Crippen LogP contribution in [0.25, 0.3) is 0 Å². The van der Waals surface area contributed by atoms with Crippen LogP contribution in [0.15, 0.2) is 0 Å². The summed E-state index contributed by atoms with van der Waals surface area (Å²) >= 11 is 4.33. The number of hydrogen-bond acceptors (Lipinski definition) is 0. The fourth-order valence-corrected chi connectivity index (χ4v) is 0. The molecule has 0 bridgehead atoms. The Labute approximate surface area is 57.4 Å². The standard InChI is InChI=1S/C3H6Br.Hg/c1-3(2)4;/h1-2H3;. The molecular weight excluding hydrogens is 317 g/mol. The summed E-state index contributed by atoms with van der Waals surface area (Å²) in [7, 11) is 0. The molecule has 0 amide bonds. The average Bonchev–Trinajstić information content (AvgIpc) is 0.722. The maximum absolute atomic E-state index is 3.46. The van der Waals surface area contributed by atoms with Gasteiger partial charge in [-0.1, -0.05) is 0 Å². The second-order valence-corrected chi connectivity index (χ2v) is 14.8. The summed E-state index contributed by atoms with van der Waals surface area (Å²) in [6.45, 7) is 4.38. The Morgan fingerprint density at radius 3 is 1.60 bits per heavy atom. The zero-order valence-electron chi connectivity index (χ0n) is 3.59. The second-order valence-electron chi connectivity index (χ2n) is 1.72. The zero-order valence-corrected chi connectivity index (χ0v) is 10.7. The van der Waals surface area contributed by atoms with Crippen LogP contribution in [0.2, 0.25) is 0 Å². The van der Waals surface area contributed by atoms with Crippen LogP contribution in [-0.4, -0.2) is 1.83 Å². The molecule has 0 rings (SSSR count). The van der Waals surface area contributed by atoms with Crippen LogP contribution in [-0.2, 0) is 26.1 Å². The van der Waals surface area contributed by atoms with Crippen LogP contribution in [0.3, 0.4) is 0 Å². The molecule has 0 heterocycles. The van der Waals surface area contributed by atoms with E-state index in [1.807, 2.05) is 0 Å². The van der Waals surface area contributed by atoms with Gasteiger partial charge in [0, 0.05) is 0 Å². The Kier molecular flexibility index (Phi) is 2.46. The van der Waals surface area contributed by atoms with Gasteiger partial charge in [-0.2, -0.15) is 0 Å². The topological polar surface area (TPSA) is 0 Å².